The highest BCUT2D eigenvalue weighted by Crippen LogP contribution is 2.31. The van der Waals surface area contributed by atoms with Gasteiger partial charge in [0, 0.05) is 38.8 Å². The molecule has 2 aliphatic heterocycles. The minimum Gasteiger partial charge on any atom is -0.497 e. The number of rotatable bonds is 8. The van der Waals surface area contributed by atoms with Gasteiger partial charge in [-0.3, -0.25) is 9.59 Å². The van der Waals surface area contributed by atoms with Gasteiger partial charge in [0.1, 0.15) is 17.3 Å². The predicted molar refractivity (Wildman–Crippen MR) is 148 cm³/mol. The molecule has 3 N–H and O–H groups in total. The van der Waals surface area contributed by atoms with Crippen LogP contribution in [0.25, 0.3) is 11.0 Å². The number of methoxy groups -OCH3 is 1. The normalized spacial score (nSPS) is 22.6. The van der Waals surface area contributed by atoms with E-state index in [2.05, 4.69) is 30.9 Å². The number of benzene rings is 2. The lowest BCUT2D eigenvalue weighted by Gasteiger charge is -2.27. The lowest BCUT2D eigenvalue weighted by Crippen LogP contribution is -2.51. The first-order valence-corrected chi connectivity index (χ1v) is 13.7. The zero-order valence-electron chi connectivity index (χ0n) is 22.7. The molecule has 4 aromatic rings. The lowest BCUT2D eigenvalue weighted by molar-refractivity contribution is -0.139. The first kappa shape index (κ1) is 26.0. The fraction of sp³-hybridized carbons (Fsp3) is 0.414. The van der Waals surface area contributed by atoms with Crippen molar-refractivity contribution < 1.29 is 14.3 Å². The summed E-state index contributed by atoms with van der Waals surface area (Å²) in [6, 6.07) is 13.0. The quantitative estimate of drug-likeness (QED) is 0.310. The van der Waals surface area contributed by atoms with Crippen LogP contribution in [0, 0.1) is 5.92 Å². The molecule has 2 amide bonds. The van der Waals surface area contributed by atoms with E-state index in [1.807, 2.05) is 55.7 Å². The van der Waals surface area contributed by atoms with Crippen molar-refractivity contribution >= 4 is 22.8 Å². The third-order valence-electron chi connectivity index (χ3n) is 8.17. The summed E-state index contributed by atoms with van der Waals surface area (Å²) in [4.78, 5) is 36.5. The molecule has 0 spiro atoms. The Kier molecular flexibility index (Phi) is 7.21. The number of H-pyrrole nitrogens is 1. The second kappa shape index (κ2) is 11.1. The van der Waals surface area contributed by atoms with Crippen molar-refractivity contribution in [2.24, 2.45) is 13.0 Å². The number of aryl methyl sites for hydroxylation is 1. The molecule has 0 radical (unpaired) electrons. The highest BCUT2D eigenvalue weighted by atomic mass is 16.5. The number of ether oxygens (including phenoxy) is 1. The van der Waals surface area contributed by atoms with Gasteiger partial charge in [-0.1, -0.05) is 23.4 Å². The van der Waals surface area contributed by atoms with Gasteiger partial charge < -0.3 is 25.3 Å². The maximum absolute atomic E-state index is 13.8. The van der Waals surface area contributed by atoms with Crippen LogP contribution in [-0.4, -0.2) is 74.0 Å². The van der Waals surface area contributed by atoms with Crippen LogP contribution in [0.15, 0.2) is 55.0 Å². The Morgan fingerprint density at radius 1 is 1.12 bits per heavy atom. The predicted octanol–water partition coefficient (Wildman–Crippen LogP) is 1.92. The van der Waals surface area contributed by atoms with Gasteiger partial charge in [0.15, 0.2) is 0 Å². The van der Waals surface area contributed by atoms with Crippen molar-refractivity contribution in [3.05, 3.63) is 71.8 Å². The van der Waals surface area contributed by atoms with Gasteiger partial charge in [-0.05, 0) is 60.6 Å². The Morgan fingerprint density at radius 3 is 2.73 bits per heavy atom. The molecule has 1 unspecified atom stereocenters. The topological polar surface area (TPSA) is 130 Å². The van der Waals surface area contributed by atoms with E-state index in [0.717, 1.165) is 40.0 Å². The van der Waals surface area contributed by atoms with E-state index < -0.39 is 6.04 Å². The van der Waals surface area contributed by atoms with E-state index in [4.69, 9.17) is 4.74 Å². The second-order valence-electron chi connectivity index (χ2n) is 10.8. The van der Waals surface area contributed by atoms with Gasteiger partial charge in [-0.15, -0.1) is 5.10 Å². The Labute approximate surface area is 232 Å². The number of likely N-dealkylation sites (tertiary alicyclic amines) is 1. The molecule has 0 saturated carbocycles. The summed E-state index contributed by atoms with van der Waals surface area (Å²) in [5, 5.41) is 14.7. The van der Waals surface area contributed by atoms with Gasteiger partial charge in [-0.2, -0.15) is 0 Å². The smallest absolute Gasteiger partial charge is 0.243 e. The Bertz CT molecular complexity index is 1480. The standard InChI is InChI=1S/C29H34N8O3/c1-36-26-8-5-19(10-23(26)34-35-36)13-32-28(38)27-11-20(9-18-3-6-22(40-2)7-4-18)16-37(27)29(39)24-12-21(14-31-24)25-15-30-17-33-25/h3-8,10,15,17,20-21,24,27,31H,9,11-14,16H2,1-2H3,(H,30,33)(H,32,38)/t20-,21?,24-,27+/m1/s1. The van der Waals surface area contributed by atoms with Crippen LogP contribution in [0.5, 0.6) is 5.75 Å². The van der Waals surface area contributed by atoms with Crippen LogP contribution in [0.3, 0.4) is 0 Å². The minimum atomic E-state index is -0.526. The fourth-order valence-corrected chi connectivity index (χ4v) is 6.01. The number of carbonyl (C=O) groups excluding carboxylic acids is 2. The summed E-state index contributed by atoms with van der Waals surface area (Å²) in [6.07, 6.45) is 5.61. The summed E-state index contributed by atoms with van der Waals surface area (Å²) in [6.45, 7) is 1.59. The van der Waals surface area contributed by atoms with Gasteiger partial charge in [0.25, 0.3) is 0 Å². The average molecular weight is 543 g/mol. The Balaban J connectivity index is 1.16. The summed E-state index contributed by atoms with van der Waals surface area (Å²) in [5.74, 6) is 1.000. The largest absolute Gasteiger partial charge is 0.497 e. The number of nitrogens with one attached hydrogen (secondary N) is 3. The van der Waals surface area contributed by atoms with E-state index in [1.54, 1.807) is 23.0 Å². The van der Waals surface area contributed by atoms with E-state index >= 15 is 0 Å². The maximum Gasteiger partial charge on any atom is 0.243 e. The molecular formula is C29H34N8O3. The molecule has 208 valence electrons. The summed E-state index contributed by atoms with van der Waals surface area (Å²) in [7, 11) is 3.50. The van der Waals surface area contributed by atoms with Crippen molar-refractivity contribution in [2.45, 2.75) is 43.8 Å². The van der Waals surface area contributed by atoms with E-state index in [-0.39, 0.29) is 29.7 Å². The van der Waals surface area contributed by atoms with Gasteiger partial charge in [0.2, 0.25) is 11.8 Å². The number of aromatic nitrogens is 5. The molecule has 4 heterocycles. The monoisotopic (exact) mass is 542 g/mol. The van der Waals surface area contributed by atoms with E-state index in [0.29, 0.717) is 32.5 Å². The zero-order valence-corrected chi connectivity index (χ0v) is 22.7. The number of imidazole rings is 1. The Morgan fingerprint density at radius 2 is 1.95 bits per heavy atom. The lowest BCUT2D eigenvalue weighted by atomic mass is 9.96. The SMILES string of the molecule is COc1ccc(C[C@@H]2C[C@@H](C(=O)NCc3ccc4c(c3)nnn4C)N(C(=O)[C@H]3CC(c4c[nH]cn4)CN3)C2)cc1. The molecule has 6 rings (SSSR count). The molecule has 11 heteroatoms. The molecule has 2 fully saturated rings. The number of hydrogen-bond acceptors (Lipinski definition) is 7. The molecule has 2 aromatic heterocycles. The summed E-state index contributed by atoms with van der Waals surface area (Å²) in [5.41, 5.74) is 4.77. The zero-order chi connectivity index (χ0) is 27.6. The van der Waals surface area contributed by atoms with Crippen LogP contribution in [0.1, 0.15) is 35.6 Å². The number of amides is 2. The number of fused-ring (bicyclic) bond motifs is 1. The third-order valence-corrected chi connectivity index (χ3v) is 8.17. The molecule has 2 saturated heterocycles. The third kappa shape index (κ3) is 5.29. The van der Waals surface area contributed by atoms with Crippen LogP contribution in [0.4, 0.5) is 0 Å². The van der Waals surface area contributed by atoms with Crippen molar-refractivity contribution in [2.75, 3.05) is 20.2 Å². The van der Waals surface area contributed by atoms with Crippen molar-refractivity contribution in [1.29, 1.82) is 0 Å². The minimum absolute atomic E-state index is 0.0172. The summed E-state index contributed by atoms with van der Waals surface area (Å²) >= 11 is 0. The molecule has 11 nitrogen and oxygen atoms in total. The molecule has 4 atom stereocenters. The van der Waals surface area contributed by atoms with Crippen molar-refractivity contribution in [3.63, 3.8) is 0 Å². The number of carbonyl (C=O) groups is 2. The Hall–Kier alpha value is -4.25. The number of aromatic amines is 1. The number of hydrogen-bond donors (Lipinski definition) is 3. The van der Waals surface area contributed by atoms with Crippen LogP contribution >= 0.6 is 0 Å². The van der Waals surface area contributed by atoms with Gasteiger partial charge >= 0.3 is 0 Å². The molecule has 0 aliphatic carbocycles. The first-order valence-electron chi connectivity index (χ1n) is 13.7. The molecular weight excluding hydrogens is 508 g/mol. The van der Waals surface area contributed by atoms with Crippen LogP contribution < -0.4 is 15.4 Å². The van der Waals surface area contributed by atoms with Gasteiger partial charge in [0.05, 0.1) is 30.7 Å². The average Bonchev–Trinajstić information content (AvgIpc) is 3.79. The highest BCUT2D eigenvalue weighted by Gasteiger charge is 2.43. The van der Waals surface area contributed by atoms with Gasteiger partial charge in [-0.25, -0.2) is 9.67 Å². The van der Waals surface area contributed by atoms with Crippen molar-refractivity contribution in [1.82, 2.24) is 40.5 Å². The van der Waals surface area contributed by atoms with E-state index in [1.165, 1.54) is 0 Å². The first-order chi connectivity index (χ1) is 19.5. The van der Waals surface area contributed by atoms with E-state index in [9.17, 15) is 9.59 Å². The molecule has 40 heavy (non-hydrogen) atoms. The summed E-state index contributed by atoms with van der Waals surface area (Å²) < 4.78 is 7.01. The van der Waals surface area contributed by atoms with Crippen LogP contribution in [-0.2, 0) is 29.6 Å². The fourth-order valence-electron chi connectivity index (χ4n) is 6.01. The second-order valence-corrected chi connectivity index (χ2v) is 10.8. The number of nitrogens with zero attached hydrogens (tertiary/aromatic N) is 5. The molecule has 2 aromatic carbocycles. The molecule has 0 bridgehead atoms. The van der Waals surface area contributed by atoms with Crippen LogP contribution in [0.2, 0.25) is 0 Å². The highest BCUT2D eigenvalue weighted by molar-refractivity contribution is 5.90. The maximum atomic E-state index is 13.8. The van der Waals surface area contributed by atoms with Crippen molar-refractivity contribution in [3.8, 4) is 5.75 Å². The molecule has 2 aliphatic rings.